The van der Waals surface area contributed by atoms with Crippen LogP contribution in [-0.4, -0.2) is 32.5 Å². The zero-order valence-electron chi connectivity index (χ0n) is 9.65. The lowest BCUT2D eigenvalue weighted by atomic mass is 9.84. The Morgan fingerprint density at radius 2 is 1.94 bits per heavy atom. The highest BCUT2D eigenvalue weighted by Crippen LogP contribution is 2.37. The van der Waals surface area contributed by atoms with Crippen molar-refractivity contribution < 1.29 is 17.9 Å². The summed E-state index contributed by atoms with van der Waals surface area (Å²) in [7, 11) is 1.60. The molecule has 0 aromatic rings. The number of nitrogens with one attached hydrogen (secondary N) is 1. The molecule has 5 heteroatoms. The summed E-state index contributed by atoms with van der Waals surface area (Å²) in [5.74, 6) is -1.16. The van der Waals surface area contributed by atoms with E-state index in [-0.39, 0.29) is 6.42 Å². The number of ether oxygens (including phenoxy) is 1. The summed E-state index contributed by atoms with van der Waals surface area (Å²) >= 11 is 0. The first-order valence-electron chi connectivity index (χ1n) is 5.84. The highest BCUT2D eigenvalue weighted by Gasteiger charge is 2.45. The molecule has 0 radical (unpaired) electrons. The molecule has 0 heterocycles. The van der Waals surface area contributed by atoms with Gasteiger partial charge in [-0.05, 0) is 25.8 Å². The quantitative estimate of drug-likeness (QED) is 0.745. The SMILES string of the molecule is COCCCNC1CCCCC1C(F)(F)F. The number of alkyl halides is 3. The molecule has 0 saturated heterocycles. The van der Waals surface area contributed by atoms with Crippen LogP contribution in [0.2, 0.25) is 0 Å². The summed E-state index contributed by atoms with van der Waals surface area (Å²) < 4.78 is 43.0. The Labute approximate surface area is 94.5 Å². The van der Waals surface area contributed by atoms with E-state index < -0.39 is 18.1 Å². The van der Waals surface area contributed by atoms with Gasteiger partial charge in [0.2, 0.25) is 0 Å². The molecule has 0 aromatic carbocycles. The van der Waals surface area contributed by atoms with Crippen molar-refractivity contribution in [3.63, 3.8) is 0 Å². The van der Waals surface area contributed by atoms with Crippen LogP contribution in [0.4, 0.5) is 13.2 Å². The maximum absolute atomic E-state index is 12.7. The van der Waals surface area contributed by atoms with Gasteiger partial charge in [-0.1, -0.05) is 12.8 Å². The van der Waals surface area contributed by atoms with Crippen LogP contribution in [0.1, 0.15) is 32.1 Å². The van der Waals surface area contributed by atoms with Gasteiger partial charge in [-0.2, -0.15) is 13.2 Å². The van der Waals surface area contributed by atoms with Gasteiger partial charge in [0.25, 0.3) is 0 Å². The van der Waals surface area contributed by atoms with Gasteiger partial charge in [-0.15, -0.1) is 0 Å². The van der Waals surface area contributed by atoms with Crippen molar-refractivity contribution >= 4 is 0 Å². The predicted molar refractivity (Wildman–Crippen MR) is 56.3 cm³/mol. The fraction of sp³-hybridized carbons (Fsp3) is 1.00. The maximum Gasteiger partial charge on any atom is 0.393 e. The zero-order valence-corrected chi connectivity index (χ0v) is 9.65. The van der Waals surface area contributed by atoms with Gasteiger partial charge in [0.1, 0.15) is 0 Å². The molecule has 16 heavy (non-hydrogen) atoms. The second kappa shape index (κ2) is 6.45. The number of rotatable bonds is 5. The Morgan fingerprint density at radius 3 is 2.56 bits per heavy atom. The van der Waals surface area contributed by atoms with Crippen LogP contribution in [0.3, 0.4) is 0 Å². The molecule has 1 saturated carbocycles. The molecule has 2 unspecified atom stereocenters. The molecule has 1 N–H and O–H groups in total. The summed E-state index contributed by atoms with van der Waals surface area (Å²) in [6, 6.07) is -0.398. The third-order valence-corrected chi connectivity index (χ3v) is 3.12. The van der Waals surface area contributed by atoms with E-state index in [4.69, 9.17) is 4.74 Å². The molecular weight excluding hydrogens is 219 g/mol. The fourth-order valence-corrected chi connectivity index (χ4v) is 2.27. The lowest BCUT2D eigenvalue weighted by molar-refractivity contribution is -0.188. The molecule has 0 amide bonds. The van der Waals surface area contributed by atoms with Gasteiger partial charge in [0, 0.05) is 19.8 Å². The first-order valence-corrected chi connectivity index (χ1v) is 5.84. The summed E-state index contributed by atoms with van der Waals surface area (Å²) in [5, 5.41) is 3.01. The average Bonchev–Trinajstić information content (AvgIpc) is 2.24. The normalized spacial score (nSPS) is 27.0. The van der Waals surface area contributed by atoms with E-state index >= 15 is 0 Å². The molecule has 96 valence electrons. The average molecular weight is 239 g/mol. The molecule has 1 fully saturated rings. The molecule has 1 rings (SSSR count). The van der Waals surface area contributed by atoms with E-state index in [9.17, 15) is 13.2 Å². The van der Waals surface area contributed by atoms with Gasteiger partial charge in [-0.3, -0.25) is 0 Å². The van der Waals surface area contributed by atoms with Crippen LogP contribution >= 0.6 is 0 Å². The minimum Gasteiger partial charge on any atom is -0.385 e. The largest absolute Gasteiger partial charge is 0.393 e. The first-order chi connectivity index (χ1) is 7.55. The second-order valence-corrected chi connectivity index (χ2v) is 4.34. The van der Waals surface area contributed by atoms with E-state index in [1.165, 1.54) is 0 Å². The number of methoxy groups -OCH3 is 1. The molecule has 1 aliphatic carbocycles. The Hall–Kier alpha value is -0.290. The first kappa shape index (κ1) is 13.8. The monoisotopic (exact) mass is 239 g/mol. The van der Waals surface area contributed by atoms with Crippen LogP contribution in [0.15, 0.2) is 0 Å². The number of hydrogen-bond acceptors (Lipinski definition) is 2. The van der Waals surface area contributed by atoms with Crippen molar-refractivity contribution in [1.29, 1.82) is 0 Å². The minimum atomic E-state index is -4.06. The summed E-state index contributed by atoms with van der Waals surface area (Å²) in [4.78, 5) is 0. The molecule has 2 nitrogen and oxygen atoms in total. The smallest absolute Gasteiger partial charge is 0.385 e. The van der Waals surface area contributed by atoms with Gasteiger partial charge in [0.05, 0.1) is 5.92 Å². The topological polar surface area (TPSA) is 21.3 Å². The maximum atomic E-state index is 12.7. The third-order valence-electron chi connectivity index (χ3n) is 3.12. The van der Waals surface area contributed by atoms with Crippen molar-refractivity contribution in [2.45, 2.75) is 44.3 Å². The van der Waals surface area contributed by atoms with Crippen LogP contribution in [0.5, 0.6) is 0 Å². The molecule has 0 aliphatic heterocycles. The molecule has 0 aromatic heterocycles. The highest BCUT2D eigenvalue weighted by molar-refractivity contribution is 4.85. The van der Waals surface area contributed by atoms with E-state index in [1.54, 1.807) is 7.11 Å². The van der Waals surface area contributed by atoms with Gasteiger partial charge < -0.3 is 10.1 Å². The van der Waals surface area contributed by atoms with Crippen molar-refractivity contribution in [3.05, 3.63) is 0 Å². The fourth-order valence-electron chi connectivity index (χ4n) is 2.27. The molecule has 0 bridgehead atoms. The van der Waals surface area contributed by atoms with E-state index in [2.05, 4.69) is 5.32 Å². The van der Waals surface area contributed by atoms with Crippen LogP contribution in [0, 0.1) is 5.92 Å². The van der Waals surface area contributed by atoms with Crippen LogP contribution in [0.25, 0.3) is 0 Å². The van der Waals surface area contributed by atoms with Crippen LogP contribution in [-0.2, 0) is 4.74 Å². The highest BCUT2D eigenvalue weighted by atomic mass is 19.4. The molecule has 0 spiro atoms. The minimum absolute atomic E-state index is 0.269. The summed E-state index contributed by atoms with van der Waals surface area (Å²) in [5.41, 5.74) is 0. The Morgan fingerprint density at radius 1 is 1.25 bits per heavy atom. The second-order valence-electron chi connectivity index (χ2n) is 4.34. The molecule has 1 aliphatic rings. The zero-order chi connectivity index (χ0) is 12.0. The van der Waals surface area contributed by atoms with Gasteiger partial charge in [0.15, 0.2) is 0 Å². The molecular formula is C11H20F3NO. The van der Waals surface area contributed by atoms with Crippen molar-refractivity contribution in [2.75, 3.05) is 20.3 Å². The summed E-state index contributed by atoms with van der Waals surface area (Å²) in [6.45, 7) is 1.20. The standard InChI is InChI=1S/C11H20F3NO/c1-16-8-4-7-15-10-6-3-2-5-9(10)11(12,13)14/h9-10,15H,2-8H2,1H3. The Bertz CT molecular complexity index is 196. The van der Waals surface area contributed by atoms with E-state index in [0.717, 1.165) is 12.8 Å². The van der Waals surface area contributed by atoms with Crippen molar-refractivity contribution in [1.82, 2.24) is 5.32 Å². The lowest BCUT2D eigenvalue weighted by Crippen LogP contribution is -2.45. The van der Waals surface area contributed by atoms with Crippen LogP contribution < -0.4 is 5.32 Å². The van der Waals surface area contributed by atoms with Crippen molar-refractivity contribution in [3.8, 4) is 0 Å². The summed E-state index contributed by atoms with van der Waals surface area (Å²) in [6.07, 6.45) is -0.797. The lowest BCUT2D eigenvalue weighted by Gasteiger charge is -2.33. The van der Waals surface area contributed by atoms with Gasteiger partial charge >= 0.3 is 6.18 Å². The van der Waals surface area contributed by atoms with E-state index in [0.29, 0.717) is 26.0 Å². The van der Waals surface area contributed by atoms with E-state index in [1.807, 2.05) is 0 Å². The van der Waals surface area contributed by atoms with Crippen molar-refractivity contribution in [2.24, 2.45) is 5.92 Å². The number of hydrogen-bond donors (Lipinski definition) is 1. The third kappa shape index (κ3) is 4.29. The molecule has 2 atom stereocenters. The Balaban J connectivity index is 2.35. The predicted octanol–water partition coefficient (Wildman–Crippen LogP) is 2.73. The number of halogens is 3. The Kier molecular flexibility index (Phi) is 5.55. The van der Waals surface area contributed by atoms with Gasteiger partial charge in [-0.25, -0.2) is 0 Å².